The van der Waals surface area contributed by atoms with Crippen molar-refractivity contribution in [3.05, 3.63) is 41.1 Å². The van der Waals surface area contributed by atoms with E-state index in [0.29, 0.717) is 17.7 Å². The van der Waals surface area contributed by atoms with Gasteiger partial charge in [-0.25, -0.2) is 4.79 Å². The van der Waals surface area contributed by atoms with Gasteiger partial charge in [0.15, 0.2) is 5.82 Å². The Labute approximate surface area is 118 Å². The van der Waals surface area contributed by atoms with Gasteiger partial charge in [-0.3, -0.25) is 14.7 Å². The number of carboxylic acids is 1. The molecular weight excluding hydrogens is 276 g/mol. The van der Waals surface area contributed by atoms with Gasteiger partial charge in [-0.15, -0.1) is 0 Å². The molecule has 2 heterocycles. The Morgan fingerprint density at radius 2 is 2.10 bits per heavy atom. The number of aromatic nitrogens is 2. The number of H-pyrrole nitrogens is 1. The third kappa shape index (κ3) is 2.46. The number of nitrogens with zero attached hydrogens (tertiary/aromatic N) is 1. The molecule has 2 aromatic rings. The van der Waals surface area contributed by atoms with Crippen LogP contribution in [-0.4, -0.2) is 33.1 Å². The quantitative estimate of drug-likeness (QED) is 0.666. The molecule has 0 fully saturated rings. The van der Waals surface area contributed by atoms with Gasteiger partial charge >= 0.3 is 5.97 Å². The average Bonchev–Trinajstić information content (AvgIpc) is 3.02. The number of benzene rings is 1. The smallest absolute Gasteiger partial charge is 0.353 e. The minimum atomic E-state index is -1.16. The van der Waals surface area contributed by atoms with Crippen LogP contribution in [0.4, 0.5) is 11.5 Å². The van der Waals surface area contributed by atoms with Gasteiger partial charge in [0.1, 0.15) is 5.69 Å². The second-order valence-electron chi connectivity index (χ2n) is 4.52. The van der Waals surface area contributed by atoms with Crippen molar-refractivity contribution in [3.63, 3.8) is 0 Å². The van der Waals surface area contributed by atoms with Crippen LogP contribution < -0.4 is 10.6 Å². The Morgan fingerprint density at radius 3 is 2.81 bits per heavy atom. The maximum atomic E-state index is 12.0. The number of aromatic carboxylic acids is 1. The summed E-state index contributed by atoms with van der Waals surface area (Å²) in [5.41, 5.74) is 1.67. The lowest BCUT2D eigenvalue weighted by molar-refractivity contribution is -0.115. The topological polar surface area (TPSA) is 124 Å². The molecule has 0 radical (unpaired) electrons. The predicted octanol–water partition coefficient (Wildman–Crippen LogP) is 0.855. The van der Waals surface area contributed by atoms with Crippen LogP contribution in [0, 0.1) is 0 Å². The third-order valence-corrected chi connectivity index (χ3v) is 3.05. The molecule has 2 amide bonds. The molecule has 21 heavy (non-hydrogen) atoms. The minimum Gasteiger partial charge on any atom is -0.477 e. The number of aromatic amines is 1. The predicted molar refractivity (Wildman–Crippen MR) is 72.3 cm³/mol. The molecular formula is C13H10N4O4. The number of carboxylic acid groups (broad SMARTS) is 1. The Balaban J connectivity index is 1.78. The molecule has 0 unspecified atom stereocenters. The zero-order valence-electron chi connectivity index (χ0n) is 10.6. The van der Waals surface area contributed by atoms with Crippen molar-refractivity contribution in [1.82, 2.24) is 10.2 Å². The summed E-state index contributed by atoms with van der Waals surface area (Å²) in [4.78, 5) is 34.0. The highest BCUT2D eigenvalue weighted by molar-refractivity contribution is 6.07. The molecule has 0 aliphatic carbocycles. The van der Waals surface area contributed by atoms with Gasteiger partial charge in [-0.05, 0) is 17.7 Å². The summed E-state index contributed by atoms with van der Waals surface area (Å²) in [5, 5.41) is 19.9. The van der Waals surface area contributed by atoms with Gasteiger partial charge in [0.25, 0.3) is 5.91 Å². The number of carbonyl (C=O) groups is 3. The van der Waals surface area contributed by atoms with E-state index in [1.807, 2.05) is 0 Å². The molecule has 1 aromatic heterocycles. The zero-order valence-corrected chi connectivity index (χ0v) is 10.6. The summed E-state index contributed by atoms with van der Waals surface area (Å²) >= 11 is 0. The van der Waals surface area contributed by atoms with Crippen LogP contribution >= 0.6 is 0 Å². The lowest BCUT2D eigenvalue weighted by Crippen LogP contribution is -2.12. The van der Waals surface area contributed by atoms with E-state index < -0.39 is 11.9 Å². The Hall–Kier alpha value is -3.16. The van der Waals surface area contributed by atoms with E-state index in [1.54, 1.807) is 18.2 Å². The van der Waals surface area contributed by atoms with Crippen molar-refractivity contribution in [2.75, 3.05) is 10.6 Å². The van der Waals surface area contributed by atoms with E-state index in [2.05, 4.69) is 20.8 Å². The van der Waals surface area contributed by atoms with Crippen LogP contribution in [0.5, 0.6) is 0 Å². The molecule has 0 spiro atoms. The number of rotatable bonds is 3. The standard InChI is InChI=1S/C13H10N4O4/c18-11-4-6-1-2-7(3-8(6)14-11)12(19)15-10-5-9(13(20)21)16-17-10/h1-3,5H,4H2,(H,14,18)(H,20,21)(H2,15,16,17,19). The molecule has 8 heteroatoms. The van der Waals surface area contributed by atoms with Crippen LogP contribution in [0.25, 0.3) is 0 Å². The summed E-state index contributed by atoms with van der Waals surface area (Å²) in [6.45, 7) is 0. The molecule has 0 saturated heterocycles. The summed E-state index contributed by atoms with van der Waals surface area (Å²) in [6, 6.07) is 6.09. The first-order valence-corrected chi connectivity index (χ1v) is 6.06. The van der Waals surface area contributed by atoms with Gasteiger partial charge in [-0.2, -0.15) is 5.10 Å². The summed E-state index contributed by atoms with van der Waals surface area (Å²) in [6.07, 6.45) is 0.304. The molecule has 3 rings (SSSR count). The number of nitrogens with one attached hydrogen (secondary N) is 3. The van der Waals surface area contributed by atoms with E-state index in [9.17, 15) is 14.4 Å². The summed E-state index contributed by atoms with van der Waals surface area (Å²) in [5.74, 6) is -1.60. The van der Waals surface area contributed by atoms with E-state index in [1.165, 1.54) is 6.07 Å². The van der Waals surface area contributed by atoms with Crippen molar-refractivity contribution >= 4 is 29.3 Å². The fraction of sp³-hybridized carbons (Fsp3) is 0.0769. The molecule has 8 nitrogen and oxygen atoms in total. The van der Waals surface area contributed by atoms with Crippen molar-refractivity contribution in [2.24, 2.45) is 0 Å². The van der Waals surface area contributed by atoms with Crippen LogP contribution in [0.3, 0.4) is 0 Å². The van der Waals surface area contributed by atoms with E-state index >= 15 is 0 Å². The van der Waals surface area contributed by atoms with Gasteiger partial charge in [0.05, 0.1) is 6.42 Å². The second kappa shape index (κ2) is 4.75. The fourth-order valence-electron chi connectivity index (χ4n) is 2.04. The molecule has 0 bridgehead atoms. The molecule has 1 aliphatic rings. The van der Waals surface area contributed by atoms with Crippen LogP contribution in [0.15, 0.2) is 24.3 Å². The molecule has 1 aliphatic heterocycles. The van der Waals surface area contributed by atoms with E-state index in [0.717, 1.165) is 5.56 Å². The number of hydrogen-bond acceptors (Lipinski definition) is 4. The fourth-order valence-corrected chi connectivity index (χ4v) is 2.04. The first-order valence-electron chi connectivity index (χ1n) is 6.06. The maximum Gasteiger partial charge on any atom is 0.353 e. The minimum absolute atomic E-state index is 0.110. The third-order valence-electron chi connectivity index (χ3n) is 3.05. The number of amides is 2. The van der Waals surface area contributed by atoms with Gasteiger partial charge in [-0.1, -0.05) is 6.07 Å². The highest BCUT2D eigenvalue weighted by Gasteiger charge is 2.19. The number of fused-ring (bicyclic) bond motifs is 1. The molecule has 1 aromatic carbocycles. The second-order valence-corrected chi connectivity index (χ2v) is 4.52. The lowest BCUT2D eigenvalue weighted by Gasteiger charge is -2.04. The SMILES string of the molecule is O=C1Cc2ccc(C(=O)Nc3cc(C(=O)O)[nH]n3)cc2N1. The largest absolute Gasteiger partial charge is 0.477 e. The van der Waals surface area contributed by atoms with E-state index in [-0.39, 0.29) is 17.4 Å². The van der Waals surface area contributed by atoms with Crippen molar-refractivity contribution < 1.29 is 19.5 Å². The number of carbonyl (C=O) groups excluding carboxylic acids is 2. The average molecular weight is 286 g/mol. The molecule has 4 N–H and O–H groups in total. The van der Waals surface area contributed by atoms with Gasteiger partial charge < -0.3 is 15.7 Å². The highest BCUT2D eigenvalue weighted by Crippen LogP contribution is 2.24. The first kappa shape index (κ1) is 12.9. The summed E-state index contributed by atoms with van der Waals surface area (Å²) < 4.78 is 0. The van der Waals surface area contributed by atoms with Gasteiger partial charge in [0.2, 0.25) is 5.91 Å². The Bertz CT molecular complexity index is 765. The number of anilines is 2. The monoisotopic (exact) mass is 286 g/mol. The van der Waals surface area contributed by atoms with Gasteiger partial charge in [0, 0.05) is 17.3 Å². The zero-order chi connectivity index (χ0) is 15.0. The molecule has 0 atom stereocenters. The van der Waals surface area contributed by atoms with Crippen LogP contribution in [0.2, 0.25) is 0 Å². The molecule has 106 valence electrons. The van der Waals surface area contributed by atoms with Crippen molar-refractivity contribution in [1.29, 1.82) is 0 Å². The van der Waals surface area contributed by atoms with Crippen LogP contribution in [0.1, 0.15) is 26.4 Å². The maximum absolute atomic E-state index is 12.0. The number of hydrogen-bond donors (Lipinski definition) is 4. The van der Waals surface area contributed by atoms with Crippen molar-refractivity contribution in [3.8, 4) is 0 Å². The Morgan fingerprint density at radius 1 is 1.29 bits per heavy atom. The van der Waals surface area contributed by atoms with E-state index in [4.69, 9.17) is 5.11 Å². The van der Waals surface area contributed by atoms with Crippen LogP contribution in [-0.2, 0) is 11.2 Å². The normalized spacial score (nSPS) is 12.7. The highest BCUT2D eigenvalue weighted by atomic mass is 16.4. The Kier molecular flexibility index (Phi) is 2.90. The lowest BCUT2D eigenvalue weighted by atomic mass is 10.1. The summed E-state index contributed by atoms with van der Waals surface area (Å²) in [7, 11) is 0. The first-order chi connectivity index (χ1) is 10.0. The molecule has 0 saturated carbocycles. The van der Waals surface area contributed by atoms with Crippen molar-refractivity contribution in [2.45, 2.75) is 6.42 Å².